The molecule has 0 aromatic carbocycles. The summed E-state index contributed by atoms with van der Waals surface area (Å²) in [6.07, 6.45) is -0.102. The summed E-state index contributed by atoms with van der Waals surface area (Å²) in [4.78, 5) is 6.99. The molecule has 112 valence electrons. The van der Waals surface area contributed by atoms with E-state index >= 15 is 0 Å². The van der Waals surface area contributed by atoms with Crippen molar-refractivity contribution < 1.29 is 13.2 Å². The maximum atomic E-state index is 12.7. The fraction of sp³-hybridized carbons (Fsp3) is 0.692. The van der Waals surface area contributed by atoms with E-state index in [0.29, 0.717) is 6.54 Å². The molecule has 1 saturated carbocycles. The third-order valence-corrected chi connectivity index (χ3v) is 3.62. The zero-order valence-corrected chi connectivity index (χ0v) is 11.6. The number of aromatic nitrogens is 2. The molecule has 1 aliphatic carbocycles. The van der Waals surface area contributed by atoms with E-state index in [2.05, 4.69) is 27.5 Å². The molecule has 1 aromatic heterocycles. The van der Waals surface area contributed by atoms with Gasteiger partial charge in [-0.15, -0.1) is 0 Å². The SMILES string of the molecule is CCCC1(CNc2cc(NC)nc(C(F)(F)F)n2)CC1. The van der Waals surface area contributed by atoms with Crippen LogP contribution >= 0.6 is 0 Å². The van der Waals surface area contributed by atoms with Gasteiger partial charge in [-0.3, -0.25) is 0 Å². The van der Waals surface area contributed by atoms with Crippen molar-refractivity contribution in [1.82, 2.24) is 9.97 Å². The topological polar surface area (TPSA) is 49.8 Å². The Kier molecular flexibility index (Phi) is 4.06. The molecule has 20 heavy (non-hydrogen) atoms. The second kappa shape index (κ2) is 5.46. The number of hydrogen-bond donors (Lipinski definition) is 2. The largest absolute Gasteiger partial charge is 0.451 e. The van der Waals surface area contributed by atoms with Gasteiger partial charge in [0.05, 0.1) is 0 Å². The zero-order valence-electron chi connectivity index (χ0n) is 11.6. The number of nitrogens with one attached hydrogen (secondary N) is 2. The van der Waals surface area contributed by atoms with Crippen molar-refractivity contribution in [2.75, 3.05) is 24.2 Å². The molecule has 0 amide bonds. The van der Waals surface area contributed by atoms with E-state index in [1.165, 1.54) is 13.1 Å². The molecule has 1 aliphatic rings. The second-order valence-electron chi connectivity index (χ2n) is 5.31. The molecule has 0 radical (unpaired) electrons. The zero-order chi connectivity index (χ0) is 14.8. The van der Waals surface area contributed by atoms with E-state index in [0.717, 1.165) is 25.7 Å². The Balaban J connectivity index is 2.11. The lowest BCUT2D eigenvalue weighted by molar-refractivity contribution is -0.144. The lowest BCUT2D eigenvalue weighted by Gasteiger charge is -2.16. The normalized spacial score (nSPS) is 16.9. The third-order valence-electron chi connectivity index (χ3n) is 3.62. The van der Waals surface area contributed by atoms with Crippen LogP contribution in [0, 0.1) is 5.41 Å². The van der Waals surface area contributed by atoms with Crippen molar-refractivity contribution in [3.63, 3.8) is 0 Å². The molecule has 0 atom stereocenters. The minimum Gasteiger partial charge on any atom is -0.373 e. The number of anilines is 2. The Morgan fingerprint density at radius 3 is 2.40 bits per heavy atom. The van der Waals surface area contributed by atoms with E-state index in [1.807, 2.05) is 0 Å². The first-order valence-corrected chi connectivity index (χ1v) is 6.76. The molecule has 0 aliphatic heterocycles. The van der Waals surface area contributed by atoms with Crippen LogP contribution in [0.25, 0.3) is 0 Å². The van der Waals surface area contributed by atoms with Crippen LogP contribution in [0.4, 0.5) is 24.8 Å². The smallest absolute Gasteiger partial charge is 0.373 e. The first kappa shape index (κ1) is 14.9. The standard InChI is InChI=1S/C13H19F3N4/c1-3-4-12(5-6-12)8-18-10-7-9(17-2)19-11(20-10)13(14,15)16/h7H,3-6,8H2,1-2H3,(H2,17,18,19,20). The second-order valence-corrected chi connectivity index (χ2v) is 5.31. The fourth-order valence-corrected chi connectivity index (χ4v) is 2.29. The molecule has 0 saturated heterocycles. The van der Waals surface area contributed by atoms with Crippen LogP contribution in [0.5, 0.6) is 0 Å². The average Bonchev–Trinajstić information content (AvgIpc) is 3.16. The van der Waals surface area contributed by atoms with Gasteiger partial charge in [0, 0.05) is 19.7 Å². The van der Waals surface area contributed by atoms with Crippen LogP contribution in [-0.4, -0.2) is 23.6 Å². The number of hydrogen-bond acceptors (Lipinski definition) is 4. The van der Waals surface area contributed by atoms with Gasteiger partial charge < -0.3 is 10.6 Å². The van der Waals surface area contributed by atoms with Crippen molar-refractivity contribution in [3.05, 3.63) is 11.9 Å². The number of nitrogens with zero attached hydrogens (tertiary/aromatic N) is 2. The van der Waals surface area contributed by atoms with Crippen LogP contribution in [0.3, 0.4) is 0 Å². The van der Waals surface area contributed by atoms with Gasteiger partial charge in [-0.05, 0) is 24.7 Å². The predicted octanol–water partition coefficient (Wildman–Crippen LogP) is 3.53. The van der Waals surface area contributed by atoms with Crippen LogP contribution in [0.15, 0.2) is 6.07 Å². The highest BCUT2D eigenvalue weighted by atomic mass is 19.4. The maximum Gasteiger partial charge on any atom is 0.451 e. The van der Waals surface area contributed by atoms with Gasteiger partial charge in [0.25, 0.3) is 0 Å². The van der Waals surface area contributed by atoms with Crippen molar-refractivity contribution in [2.24, 2.45) is 5.41 Å². The molecule has 1 fully saturated rings. The molecule has 2 rings (SSSR count). The van der Waals surface area contributed by atoms with Crippen LogP contribution in [0.2, 0.25) is 0 Å². The van der Waals surface area contributed by atoms with E-state index in [4.69, 9.17) is 0 Å². The molecule has 4 nitrogen and oxygen atoms in total. The summed E-state index contributed by atoms with van der Waals surface area (Å²) in [7, 11) is 1.53. The molecule has 2 N–H and O–H groups in total. The summed E-state index contributed by atoms with van der Waals surface area (Å²) in [6.45, 7) is 2.78. The molecular weight excluding hydrogens is 269 g/mol. The monoisotopic (exact) mass is 288 g/mol. The molecule has 1 heterocycles. The highest BCUT2D eigenvalue weighted by molar-refractivity contribution is 5.47. The Bertz CT molecular complexity index is 469. The Labute approximate surface area is 116 Å². The summed E-state index contributed by atoms with van der Waals surface area (Å²) < 4.78 is 38.1. The Hall–Kier alpha value is -1.53. The molecule has 7 heteroatoms. The summed E-state index contributed by atoms with van der Waals surface area (Å²) in [5.74, 6) is -0.735. The van der Waals surface area contributed by atoms with Crippen molar-refractivity contribution >= 4 is 11.6 Å². The van der Waals surface area contributed by atoms with Crippen LogP contribution in [-0.2, 0) is 6.18 Å². The molecule has 0 unspecified atom stereocenters. The summed E-state index contributed by atoms with van der Waals surface area (Å²) in [5.41, 5.74) is 0.248. The Morgan fingerprint density at radius 2 is 1.90 bits per heavy atom. The van der Waals surface area contributed by atoms with Gasteiger partial charge in [-0.2, -0.15) is 13.2 Å². The molecule has 0 bridgehead atoms. The molecule has 0 spiro atoms. The van der Waals surface area contributed by atoms with Gasteiger partial charge in [-0.25, -0.2) is 9.97 Å². The number of alkyl halides is 3. The van der Waals surface area contributed by atoms with Gasteiger partial charge >= 0.3 is 6.18 Å². The van der Waals surface area contributed by atoms with Crippen LogP contribution < -0.4 is 10.6 Å². The van der Waals surface area contributed by atoms with E-state index < -0.39 is 12.0 Å². The van der Waals surface area contributed by atoms with Gasteiger partial charge in [0.1, 0.15) is 11.6 Å². The number of halogens is 3. The molecule has 1 aromatic rings. The fourth-order valence-electron chi connectivity index (χ4n) is 2.29. The molecular formula is C13H19F3N4. The first-order valence-electron chi connectivity index (χ1n) is 6.76. The van der Waals surface area contributed by atoms with Gasteiger partial charge in [0.2, 0.25) is 5.82 Å². The van der Waals surface area contributed by atoms with Crippen LogP contribution in [0.1, 0.15) is 38.4 Å². The number of rotatable bonds is 6. The van der Waals surface area contributed by atoms with Crippen molar-refractivity contribution in [3.8, 4) is 0 Å². The highest BCUT2D eigenvalue weighted by Crippen LogP contribution is 2.49. The minimum absolute atomic E-state index is 0.162. The highest BCUT2D eigenvalue weighted by Gasteiger charge is 2.41. The predicted molar refractivity (Wildman–Crippen MR) is 71.6 cm³/mol. The lowest BCUT2D eigenvalue weighted by atomic mass is 10.0. The van der Waals surface area contributed by atoms with E-state index in [1.54, 1.807) is 0 Å². The average molecular weight is 288 g/mol. The van der Waals surface area contributed by atoms with E-state index in [-0.39, 0.29) is 17.1 Å². The quantitative estimate of drug-likeness (QED) is 0.840. The minimum atomic E-state index is -4.54. The first-order chi connectivity index (χ1) is 9.38. The lowest BCUT2D eigenvalue weighted by Crippen LogP contribution is -2.18. The summed E-state index contributed by atoms with van der Waals surface area (Å²) in [6, 6.07) is 1.50. The van der Waals surface area contributed by atoms with Gasteiger partial charge in [0.15, 0.2) is 0 Å². The summed E-state index contributed by atoms with van der Waals surface area (Å²) in [5, 5.41) is 5.66. The van der Waals surface area contributed by atoms with Crippen molar-refractivity contribution in [1.29, 1.82) is 0 Å². The maximum absolute atomic E-state index is 12.7. The Morgan fingerprint density at radius 1 is 1.25 bits per heavy atom. The van der Waals surface area contributed by atoms with Gasteiger partial charge in [-0.1, -0.05) is 13.3 Å². The van der Waals surface area contributed by atoms with Crippen molar-refractivity contribution in [2.45, 2.75) is 38.8 Å². The third kappa shape index (κ3) is 3.52. The van der Waals surface area contributed by atoms with E-state index in [9.17, 15) is 13.2 Å². The summed E-state index contributed by atoms with van der Waals surface area (Å²) >= 11 is 0.